The number of ether oxygens (including phenoxy) is 2. The van der Waals surface area contributed by atoms with E-state index in [1.54, 1.807) is 6.26 Å². The predicted molar refractivity (Wildman–Crippen MR) is 81.4 cm³/mol. The van der Waals surface area contributed by atoms with Gasteiger partial charge in [0.15, 0.2) is 0 Å². The minimum absolute atomic E-state index is 0.0223. The molecule has 2 aliphatic carbocycles. The Morgan fingerprint density at radius 2 is 2.00 bits per heavy atom. The molecule has 1 aliphatic heterocycles. The molecular formula is C18H30O2. The second-order valence-electron chi connectivity index (χ2n) is 8.10. The number of fused-ring (bicyclic) bond motifs is 2. The summed E-state index contributed by atoms with van der Waals surface area (Å²) in [6.45, 7) is 13.2. The first-order chi connectivity index (χ1) is 9.37. The van der Waals surface area contributed by atoms with Gasteiger partial charge in [0, 0.05) is 0 Å². The largest absolute Gasteiger partial charge is 0.496 e. The Morgan fingerprint density at radius 1 is 1.25 bits per heavy atom. The van der Waals surface area contributed by atoms with E-state index in [2.05, 4.69) is 34.3 Å². The van der Waals surface area contributed by atoms with Crippen LogP contribution in [-0.2, 0) is 9.47 Å². The Balaban J connectivity index is 1.78. The molecule has 2 nitrogen and oxygen atoms in total. The lowest BCUT2D eigenvalue weighted by molar-refractivity contribution is -0.0314. The van der Waals surface area contributed by atoms with Gasteiger partial charge in [-0.15, -0.1) is 0 Å². The molecule has 2 heteroatoms. The van der Waals surface area contributed by atoms with E-state index in [0.717, 1.165) is 30.6 Å². The molecule has 0 bridgehead atoms. The third kappa shape index (κ3) is 2.41. The molecule has 7 unspecified atom stereocenters. The summed E-state index contributed by atoms with van der Waals surface area (Å²) < 4.78 is 11.9. The first kappa shape index (κ1) is 14.4. The van der Waals surface area contributed by atoms with E-state index in [-0.39, 0.29) is 11.2 Å². The zero-order valence-corrected chi connectivity index (χ0v) is 13.5. The first-order valence-corrected chi connectivity index (χ1v) is 8.33. The van der Waals surface area contributed by atoms with Gasteiger partial charge in [-0.3, -0.25) is 0 Å². The highest BCUT2D eigenvalue weighted by Gasteiger charge is 2.59. The summed E-state index contributed by atoms with van der Waals surface area (Å²) in [6, 6.07) is 0. The van der Waals surface area contributed by atoms with Crippen molar-refractivity contribution >= 4 is 0 Å². The highest BCUT2D eigenvalue weighted by Crippen LogP contribution is 2.56. The molecule has 3 fully saturated rings. The van der Waals surface area contributed by atoms with Gasteiger partial charge in [0.1, 0.15) is 5.60 Å². The van der Waals surface area contributed by atoms with Crippen molar-refractivity contribution in [3.63, 3.8) is 0 Å². The third-order valence-corrected chi connectivity index (χ3v) is 6.54. The van der Waals surface area contributed by atoms with Crippen LogP contribution in [0.2, 0.25) is 0 Å². The fourth-order valence-electron chi connectivity index (χ4n) is 4.99. The van der Waals surface area contributed by atoms with Gasteiger partial charge in [-0.1, -0.05) is 20.4 Å². The zero-order chi connectivity index (χ0) is 14.5. The van der Waals surface area contributed by atoms with E-state index in [4.69, 9.17) is 9.47 Å². The average molecular weight is 278 g/mol. The molecule has 0 aromatic carbocycles. The van der Waals surface area contributed by atoms with Crippen molar-refractivity contribution in [1.29, 1.82) is 0 Å². The molecule has 1 heterocycles. The summed E-state index contributed by atoms with van der Waals surface area (Å²) in [5, 5.41) is 0. The van der Waals surface area contributed by atoms with Gasteiger partial charge in [-0.2, -0.15) is 0 Å². The Kier molecular flexibility index (Phi) is 3.44. The van der Waals surface area contributed by atoms with Crippen molar-refractivity contribution in [2.45, 2.75) is 77.1 Å². The van der Waals surface area contributed by atoms with E-state index < -0.39 is 0 Å². The molecule has 2 saturated carbocycles. The predicted octanol–water partition coefficient (Wildman–Crippen LogP) is 4.55. The Hall–Kier alpha value is -0.500. The fraction of sp³-hybridized carbons (Fsp3) is 0.889. The van der Waals surface area contributed by atoms with Crippen LogP contribution in [0, 0.1) is 23.7 Å². The second-order valence-corrected chi connectivity index (χ2v) is 8.10. The minimum atomic E-state index is -0.0223. The highest BCUT2D eigenvalue weighted by atomic mass is 16.6. The summed E-state index contributed by atoms with van der Waals surface area (Å²) in [7, 11) is 0. The van der Waals surface area contributed by atoms with Crippen LogP contribution in [0.5, 0.6) is 0 Å². The van der Waals surface area contributed by atoms with Crippen molar-refractivity contribution in [3.8, 4) is 0 Å². The molecule has 0 spiro atoms. The molecule has 20 heavy (non-hydrogen) atoms. The third-order valence-electron chi connectivity index (χ3n) is 6.54. The lowest BCUT2D eigenvalue weighted by Crippen LogP contribution is -2.42. The van der Waals surface area contributed by atoms with Crippen LogP contribution in [0.4, 0.5) is 0 Å². The van der Waals surface area contributed by atoms with Crippen LogP contribution in [0.1, 0.15) is 59.8 Å². The number of rotatable bonds is 2. The van der Waals surface area contributed by atoms with Crippen LogP contribution in [0.3, 0.4) is 0 Å². The fourth-order valence-corrected chi connectivity index (χ4v) is 4.99. The standard InChI is InChI=1S/C18H30O2/c1-6-19-17(4)8-7-14-9-16-18(5,20-16)11-15(14)13(3)12(2)10-17/h6,12-16H,1,7-11H2,2-5H3. The van der Waals surface area contributed by atoms with Gasteiger partial charge in [0.05, 0.1) is 18.0 Å². The number of hydrogen-bond donors (Lipinski definition) is 0. The molecule has 0 amide bonds. The summed E-state index contributed by atoms with van der Waals surface area (Å²) in [4.78, 5) is 0. The van der Waals surface area contributed by atoms with E-state index in [0.29, 0.717) is 12.0 Å². The van der Waals surface area contributed by atoms with E-state index in [9.17, 15) is 0 Å². The maximum atomic E-state index is 5.97. The SMILES string of the molecule is C=COC1(C)CCC2CC3OC3(C)CC2C(C)C(C)C1. The molecule has 0 radical (unpaired) electrons. The smallest absolute Gasteiger partial charge is 0.106 e. The van der Waals surface area contributed by atoms with Gasteiger partial charge in [-0.05, 0) is 69.6 Å². The van der Waals surface area contributed by atoms with Gasteiger partial charge < -0.3 is 9.47 Å². The summed E-state index contributed by atoms with van der Waals surface area (Å²) >= 11 is 0. The van der Waals surface area contributed by atoms with Crippen LogP contribution in [-0.4, -0.2) is 17.3 Å². The maximum absolute atomic E-state index is 5.97. The normalized spacial score (nSPS) is 54.9. The lowest BCUT2D eigenvalue weighted by Gasteiger charge is -2.45. The van der Waals surface area contributed by atoms with Gasteiger partial charge in [-0.25, -0.2) is 0 Å². The molecule has 1 saturated heterocycles. The Morgan fingerprint density at radius 3 is 2.70 bits per heavy atom. The first-order valence-electron chi connectivity index (χ1n) is 8.33. The van der Waals surface area contributed by atoms with Gasteiger partial charge >= 0.3 is 0 Å². The molecular weight excluding hydrogens is 248 g/mol. The molecule has 3 aliphatic rings. The van der Waals surface area contributed by atoms with E-state index in [1.807, 2.05) is 0 Å². The Labute approximate surface area is 123 Å². The second kappa shape index (κ2) is 4.76. The molecule has 7 atom stereocenters. The highest BCUT2D eigenvalue weighted by molar-refractivity contribution is 5.08. The van der Waals surface area contributed by atoms with Crippen molar-refractivity contribution < 1.29 is 9.47 Å². The van der Waals surface area contributed by atoms with Crippen LogP contribution in [0.25, 0.3) is 0 Å². The molecule has 114 valence electrons. The Bertz CT molecular complexity index is 393. The average Bonchev–Trinajstić information content (AvgIpc) is 3.04. The topological polar surface area (TPSA) is 21.8 Å². The summed E-state index contributed by atoms with van der Waals surface area (Å²) in [5.74, 6) is 3.12. The van der Waals surface area contributed by atoms with E-state index >= 15 is 0 Å². The van der Waals surface area contributed by atoms with Crippen LogP contribution >= 0.6 is 0 Å². The van der Waals surface area contributed by atoms with Crippen LogP contribution in [0.15, 0.2) is 12.8 Å². The van der Waals surface area contributed by atoms with E-state index in [1.165, 1.54) is 19.3 Å². The summed E-state index contributed by atoms with van der Waals surface area (Å²) in [5.41, 5.74) is 0.195. The van der Waals surface area contributed by atoms with Crippen molar-refractivity contribution in [2.75, 3.05) is 0 Å². The molecule has 0 aromatic heterocycles. The van der Waals surface area contributed by atoms with Crippen molar-refractivity contribution in [1.82, 2.24) is 0 Å². The van der Waals surface area contributed by atoms with Gasteiger partial charge in [0.25, 0.3) is 0 Å². The number of epoxide rings is 1. The van der Waals surface area contributed by atoms with Crippen molar-refractivity contribution in [2.24, 2.45) is 23.7 Å². The van der Waals surface area contributed by atoms with Crippen molar-refractivity contribution in [3.05, 3.63) is 12.8 Å². The molecule has 0 N–H and O–H groups in total. The maximum Gasteiger partial charge on any atom is 0.106 e. The molecule has 0 aromatic rings. The quantitative estimate of drug-likeness (QED) is 0.546. The monoisotopic (exact) mass is 278 g/mol. The number of hydrogen-bond acceptors (Lipinski definition) is 2. The zero-order valence-electron chi connectivity index (χ0n) is 13.5. The lowest BCUT2D eigenvalue weighted by atomic mass is 9.62. The molecule has 3 rings (SSSR count). The summed E-state index contributed by atoms with van der Waals surface area (Å²) in [6.07, 6.45) is 8.29. The van der Waals surface area contributed by atoms with Gasteiger partial charge in [0.2, 0.25) is 0 Å². The van der Waals surface area contributed by atoms with Crippen LogP contribution < -0.4 is 0 Å². The minimum Gasteiger partial charge on any atom is -0.496 e.